The quantitative estimate of drug-likeness (QED) is 0.859. The molecule has 2 N–H and O–H groups in total. The molecule has 1 atom stereocenters. The summed E-state index contributed by atoms with van der Waals surface area (Å²) < 4.78 is 40.0. The van der Waals surface area contributed by atoms with Crippen LogP contribution in [0.3, 0.4) is 0 Å². The molecule has 2 aromatic rings. The molecule has 9 heteroatoms. The van der Waals surface area contributed by atoms with Crippen molar-refractivity contribution in [3.8, 4) is 0 Å². The van der Waals surface area contributed by atoms with E-state index in [2.05, 4.69) is 12.0 Å². The number of hydrogen-bond donors (Lipinski definition) is 2. The predicted molar refractivity (Wildman–Crippen MR) is 80.8 cm³/mol. The smallest absolute Gasteiger partial charge is 0.287 e. The number of carbonyl (C=O) groups is 1. The number of nitrogens with one attached hydrogen (secondary N) is 1. The van der Waals surface area contributed by atoms with E-state index in [0.29, 0.717) is 15.1 Å². The summed E-state index contributed by atoms with van der Waals surface area (Å²) in [4.78, 5) is 12.5. The summed E-state index contributed by atoms with van der Waals surface area (Å²) in [6.07, 6.45) is -3.71. The van der Waals surface area contributed by atoms with Crippen molar-refractivity contribution in [2.45, 2.75) is 18.6 Å². The number of alkyl halides is 2. The average molecular weight is 363 g/mol. The fourth-order valence-electron chi connectivity index (χ4n) is 2.37. The Bertz CT molecular complexity index is 826. The molecule has 2 heterocycles. The monoisotopic (exact) mass is 362 g/mol. The molecule has 1 aromatic heterocycles. The van der Waals surface area contributed by atoms with Crippen LogP contribution in [0.5, 0.6) is 0 Å². The molecule has 1 fully saturated rings. The van der Waals surface area contributed by atoms with Crippen LogP contribution in [-0.2, 0) is 0 Å². The number of hydrogen-bond acceptors (Lipinski definition) is 4. The fourth-order valence-corrected chi connectivity index (χ4v) is 3.83. The lowest BCUT2D eigenvalue weighted by atomic mass is 10.1. The van der Waals surface area contributed by atoms with Gasteiger partial charge in [-0.3, -0.25) is 10.2 Å². The summed E-state index contributed by atoms with van der Waals surface area (Å²) in [6.45, 7) is 3.46. The molecular formula is C14H10ClF3N2O2S. The first-order valence-electron chi connectivity index (χ1n) is 6.41. The van der Waals surface area contributed by atoms with E-state index < -0.39 is 30.3 Å². The minimum Gasteiger partial charge on any atom is -0.364 e. The Balaban J connectivity index is 2.06. The zero-order valence-electron chi connectivity index (χ0n) is 11.4. The van der Waals surface area contributed by atoms with Gasteiger partial charge < -0.3 is 5.11 Å². The van der Waals surface area contributed by atoms with Gasteiger partial charge in [0.1, 0.15) is 10.7 Å². The van der Waals surface area contributed by atoms with Crippen LogP contribution in [-0.4, -0.2) is 28.2 Å². The number of nitrogens with zero attached hydrogens (tertiary/aromatic N) is 1. The number of thiophene rings is 1. The average Bonchev–Trinajstić information content (AvgIpc) is 2.96. The van der Waals surface area contributed by atoms with Gasteiger partial charge in [-0.25, -0.2) is 18.2 Å². The molecule has 3 rings (SSSR count). The zero-order valence-corrected chi connectivity index (χ0v) is 13.0. The molecular weight excluding hydrogens is 353 g/mol. The van der Waals surface area contributed by atoms with Gasteiger partial charge >= 0.3 is 0 Å². The molecule has 0 spiro atoms. The van der Waals surface area contributed by atoms with Crippen LogP contribution in [0.4, 0.5) is 13.2 Å². The summed E-state index contributed by atoms with van der Waals surface area (Å²) in [5.74, 6) is -1.44. The van der Waals surface area contributed by atoms with Gasteiger partial charge in [-0.1, -0.05) is 18.2 Å². The highest BCUT2D eigenvalue weighted by molar-refractivity contribution is 7.21. The molecule has 23 heavy (non-hydrogen) atoms. The minimum absolute atomic E-state index is 0.0194. The number of amides is 1. The van der Waals surface area contributed by atoms with Crippen LogP contribution in [0.1, 0.15) is 16.1 Å². The fraction of sp³-hybridized carbons (Fsp3) is 0.214. The lowest BCUT2D eigenvalue weighted by Gasteiger charge is -2.30. The van der Waals surface area contributed by atoms with E-state index in [4.69, 9.17) is 11.6 Å². The maximum atomic E-state index is 13.3. The number of aliphatic hydroxyl groups is 1. The maximum Gasteiger partial charge on any atom is 0.287 e. The molecule has 1 aliphatic rings. The summed E-state index contributed by atoms with van der Waals surface area (Å²) in [5.41, 5.74) is -0.296. The zero-order chi connectivity index (χ0) is 16.9. The van der Waals surface area contributed by atoms with Crippen molar-refractivity contribution in [1.82, 2.24) is 10.4 Å². The lowest BCUT2D eigenvalue weighted by molar-refractivity contribution is -0.168. The number of benzene rings is 1. The van der Waals surface area contributed by atoms with Gasteiger partial charge in [0.25, 0.3) is 12.3 Å². The van der Waals surface area contributed by atoms with Gasteiger partial charge in [0, 0.05) is 22.2 Å². The molecule has 122 valence electrons. The Kier molecular flexibility index (Phi) is 3.78. The van der Waals surface area contributed by atoms with E-state index >= 15 is 0 Å². The summed E-state index contributed by atoms with van der Waals surface area (Å²) >= 11 is 6.97. The second-order valence-electron chi connectivity index (χ2n) is 5.10. The van der Waals surface area contributed by atoms with Crippen LogP contribution in [0.2, 0.25) is 5.02 Å². The van der Waals surface area contributed by atoms with E-state index in [-0.39, 0.29) is 15.6 Å². The van der Waals surface area contributed by atoms with Gasteiger partial charge in [0.2, 0.25) is 5.72 Å². The van der Waals surface area contributed by atoms with Crippen molar-refractivity contribution in [2.24, 2.45) is 0 Å². The number of hydrazine groups is 1. The molecule has 0 aliphatic carbocycles. The maximum absolute atomic E-state index is 13.3. The number of rotatable bonds is 2. The van der Waals surface area contributed by atoms with E-state index in [1.54, 1.807) is 0 Å². The molecule has 4 nitrogen and oxygen atoms in total. The first-order valence-corrected chi connectivity index (χ1v) is 7.60. The van der Waals surface area contributed by atoms with Crippen molar-refractivity contribution < 1.29 is 23.1 Å². The van der Waals surface area contributed by atoms with Crippen molar-refractivity contribution in [2.75, 3.05) is 0 Å². The van der Waals surface area contributed by atoms with Crippen LogP contribution in [0.25, 0.3) is 10.1 Å². The molecule has 1 aliphatic heterocycles. The molecule has 0 saturated carbocycles. The van der Waals surface area contributed by atoms with Crippen LogP contribution >= 0.6 is 22.9 Å². The van der Waals surface area contributed by atoms with Gasteiger partial charge in [-0.2, -0.15) is 0 Å². The van der Waals surface area contributed by atoms with E-state index in [1.807, 2.05) is 0 Å². The normalized spacial score (nSPS) is 21.3. The number of carbonyl (C=O) groups excluding carboxylic acids is 1. The molecule has 1 unspecified atom stereocenters. The molecule has 1 amide bonds. The largest absolute Gasteiger partial charge is 0.364 e. The third-order valence-corrected chi connectivity index (χ3v) is 5.11. The van der Waals surface area contributed by atoms with Gasteiger partial charge in [0.05, 0.1) is 5.02 Å². The van der Waals surface area contributed by atoms with Crippen LogP contribution < -0.4 is 5.43 Å². The van der Waals surface area contributed by atoms with E-state index in [9.17, 15) is 23.1 Å². The van der Waals surface area contributed by atoms with E-state index in [1.165, 1.54) is 18.2 Å². The van der Waals surface area contributed by atoms with Crippen molar-refractivity contribution in [3.63, 3.8) is 0 Å². The highest BCUT2D eigenvalue weighted by atomic mass is 35.5. The Morgan fingerprint density at radius 3 is 2.87 bits per heavy atom. The first kappa shape index (κ1) is 16.1. The van der Waals surface area contributed by atoms with Crippen molar-refractivity contribution in [3.05, 3.63) is 46.2 Å². The third kappa shape index (κ3) is 2.46. The SMILES string of the molecule is C=C1CC(O)(C(F)F)N(C(=O)c2sc3cc(F)ccc3c2Cl)N1. The highest BCUT2D eigenvalue weighted by Crippen LogP contribution is 2.39. The van der Waals surface area contributed by atoms with Crippen LogP contribution in [0, 0.1) is 5.82 Å². The second-order valence-corrected chi connectivity index (χ2v) is 6.53. The summed E-state index contributed by atoms with van der Waals surface area (Å²) in [5, 5.41) is 10.9. The Morgan fingerprint density at radius 2 is 2.22 bits per heavy atom. The standard InChI is InChI=1S/C14H10ClF3N2O2S/c1-6-5-14(22,13(17)18)20(19-6)12(21)11-10(15)8-3-2-7(16)4-9(8)23-11/h2-4,13,19,22H,1,5H2. The Morgan fingerprint density at radius 1 is 1.52 bits per heavy atom. The number of halogens is 4. The van der Waals surface area contributed by atoms with Crippen molar-refractivity contribution in [1.29, 1.82) is 0 Å². The Hall–Kier alpha value is -1.77. The summed E-state index contributed by atoms with van der Waals surface area (Å²) in [7, 11) is 0. The van der Waals surface area contributed by atoms with Crippen LogP contribution in [0.15, 0.2) is 30.5 Å². The molecule has 1 aromatic carbocycles. The third-order valence-electron chi connectivity index (χ3n) is 3.47. The molecule has 0 radical (unpaired) electrons. The first-order chi connectivity index (χ1) is 10.7. The van der Waals surface area contributed by atoms with Gasteiger partial charge in [-0.15, -0.1) is 11.3 Å². The van der Waals surface area contributed by atoms with E-state index in [0.717, 1.165) is 11.3 Å². The molecule has 1 saturated heterocycles. The Labute approximate surface area is 137 Å². The topological polar surface area (TPSA) is 52.6 Å². The van der Waals surface area contributed by atoms with Gasteiger partial charge in [-0.05, 0) is 18.2 Å². The predicted octanol–water partition coefficient (Wildman–Crippen LogP) is 3.51. The second kappa shape index (κ2) is 5.40. The van der Waals surface area contributed by atoms with Gasteiger partial charge in [0.15, 0.2) is 0 Å². The number of fused-ring (bicyclic) bond motifs is 1. The lowest BCUT2D eigenvalue weighted by Crippen LogP contribution is -2.55. The minimum atomic E-state index is -3.20. The highest BCUT2D eigenvalue weighted by Gasteiger charge is 2.52. The summed E-state index contributed by atoms with van der Waals surface area (Å²) in [6, 6.07) is 3.77. The molecule has 0 bridgehead atoms. The van der Waals surface area contributed by atoms with Crippen molar-refractivity contribution >= 4 is 38.9 Å².